The Morgan fingerprint density at radius 3 is 2.30 bits per heavy atom. The Labute approximate surface area is 119 Å². The lowest BCUT2D eigenvalue weighted by Crippen LogP contribution is -2.43. The van der Waals surface area contributed by atoms with E-state index in [1.807, 2.05) is 7.05 Å². The van der Waals surface area contributed by atoms with Crippen molar-refractivity contribution in [3.63, 3.8) is 0 Å². The van der Waals surface area contributed by atoms with Crippen LogP contribution in [0.1, 0.15) is 23.2 Å². The van der Waals surface area contributed by atoms with Gasteiger partial charge in [0.25, 0.3) is 0 Å². The first kappa shape index (κ1) is 15.0. The molecule has 1 aliphatic heterocycles. The normalized spacial score (nSPS) is 18.1. The molecule has 0 saturated carbocycles. The second kappa shape index (κ2) is 5.90. The first-order chi connectivity index (χ1) is 9.38. The fourth-order valence-electron chi connectivity index (χ4n) is 2.21. The third kappa shape index (κ3) is 3.56. The average Bonchev–Trinajstić information content (AvgIpc) is 2.41. The standard InChI is InChI=1S/C13H19N3O3S/c1-16-8-6-11(7-9-16)15-20(18,19)12-4-2-10(3-5-12)13(14)17/h2-5,11,15H,6-9H2,1H3,(H2,14,17). The predicted molar refractivity (Wildman–Crippen MR) is 75.8 cm³/mol. The van der Waals surface area contributed by atoms with Crippen molar-refractivity contribution in [3.05, 3.63) is 29.8 Å². The van der Waals surface area contributed by atoms with E-state index in [1.165, 1.54) is 24.3 Å². The van der Waals surface area contributed by atoms with E-state index in [0.29, 0.717) is 5.56 Å². The highest BCUT2D eigenvalue weighted by Crippen LogP contribution is 2.15. The van der Waals surface area contributed by atoms with Crippen LogP contribution in [0.15, 0.2) is 29.2 Å². The predicted octanol–water partition coefficient (Wildman–Crippen LogP) is 0.158. The maximum absolute atomic E-state index is 12.2. The van der Waals surface area contributed by atoms with Crippen molar-refractivity contribution in [1.29, 1.82) is 0 Å². The van der Waals surface area contributed by atoms with Crippen molar-refractivity contribution in [2.75, 3.05) is 20.1 Å². The lowest BCUT2D eigenvalue weighted by molar-refractivity contribution is 0.1000. The second-order valence-electron chi connectivity index (χ2n) is 5.09. The summed E-state index contributed by atoms with van der Waals surface area (Å²) in [5.41, 5.74) is 5.42. The number of sulfonamides is 1. The molecular weight excluding hydrogens is 278 g/mol. The number of nitrogens with one attached hydrogen (secondary N) is 1. The van der Waals surface area contributed by atoms with Crippen LogP contribution in [0, 0.1) is 0 Å². The van der Waals surface area contributed by atoms with Crippen LogP contribution in [0.2, 0.25) is 0 Å². The van der Waals surface area contributed by atoms with Crippen molar-refractivity contribution < 1.29 is 13.2 Å². The number of amides is 1. The van der Waals surface area contributed by atoms with E-state index in [-0.39, 0.29) is 10.9 Å². The van der Waals surface area contributed by atoms with Crippen molar-refractivity contribution in [3.8, 4) is 0 Å². The summed E-state index contributed by atoms with van der Waals surface area (Å²) in [6.45, 7) is 1.77. The molecule has 0 atom stereocenters. The zero-order chi connectivity index (χ0) is 14.8. The summed E-state index contributed by atoms with van der Waals surface area (Å²) in [6, 6.07) is 5.61. The van der Waals surface area contributed by atoms with Gasteiger partial charge in [0.2, 0.25) is 15.9 Å². The Hall–Kier alpha value is -1.44. The van der Waals surface area contributed by atoms with E-state index in [0.717, 1.165) is 25.9 Å². The van der Waals surface area contributed by atoms with Gasteiger partial charge in [-0.3, -0.25) is 4.79 Å². The van der Waals surface area contributed by atoms with Gasteiger partial charge in [0.1, 0.15) is 0 Å². The number of likely N-dealkylation sites (tertiary alicyclic amines) is 1. The van der Waals surface area contributed by atoms with Crippen LogP contribution in [0.5, 0.6) is 0 Å². The molecule has 6 nitrogen and oxygen atoms in total. The largest absolute Gasteiger partial charge is 0.366 e. The molecule has 0 unspecified atom stereocenters. The summed E-state index contributed by atoms with van der Waals surface area (Å²) < 4.78 is 27.2. The number of carbonyl (C=O) groups excluding carboxylic acids is 1. The van der Waals surface area contributed by atoms with E-state index in [9.17, 15) is 13.2 Å². The fourth-order valence-corrected chi connectivity index (χ4v) is 3.52. The van der Waals surface area contributed by atoms with Crippen molar-refractivity contribution in [1.82, 2.24) is 9.62 Å². The highest BCUT2D eigenvalue weighted by Gasteiger charge is 2.23. The van der Waals surface area contributed by atoms with Gasteiger partial charge in [-0.15, -0.1) is 0 Å². The molecule has 1 aromatic carbocycles. The molecule has 1 saturated heterocycles. The monoisotopic (exact) mass is 297 g/mol. The van der Waals surface area contributed by atoms with Crippen molar-refractivity contribution in [2.24, 2.45) is 5.73 Å². The summed E-state index contributed by atoms with van der Waals surface area (Å²) in [5, 5.41) is 0. The average molecular weight is 297 g/mol. The van der Waals surface area contributed by atoms with Crippen LogP contribution in [0.3, 0.4) is 0 Å². The van der Waals surface area contributed by atoms with E-state index >= 15 is 0 Å². The lowest BCUT2D eigenvalue weighted by atomic mass is 10.1. The van der Waals surface area contributed by atoms with Gasteiger partial charge in [-0.1, -0.05) is 0 Å². The highest BCUT2D eigenvalue weighted by molar-refractivity contribution is 7.89. The molecule has 1 fully saturated rings. The van der Waals surface area contributed by atoms with Gasteiger partial charge in [0, 0.05) is 11.6 Å². The molecule has 0 spiro atoms. The summed E-state index contributed by atoms with van der Waals surface area (Å²) in [5.74, 6) is -0.572. The first-order valence-corrected chi connectivity index (χ1v) is 7.97. The van der Waals surface area contributed by atoms with Crippen molar-refractivity contribution in [2.45, 2.75) is 23.8 Å². The number of nitrogens with two attached hydrogens (primary N) is 1. The number of piperidine rings is 1. The summed E-state index contributed by atoms with van der Waals surface area (Å²) in [7, 11) is -1.52. The number of hydrogen-bond donors (Lipinski definition) is 2. The zero-order valence-corrected chi connectivity index (χ0v) is 12.2. The Bertz CT molecular complexity index is 575. The maximum atomic E-state index is 12.2. The third-order valence-corrected chi connectivity index (χ3v) is 5.03. The fraction of sp³-hybridized carbons (Fsp3) is 0.462. The molecule has 1 heterocycles. The molecule has 7 heteroatoms. The Balaban J connectivity index is 2.08. The number of benzene rings is 1. The van der Waals surface area contributed by atoms with Crippen LogP contribution in [-0.4, -0.2) is 45.4 Å². The quantitative estimate of drug-likeness (QED) is 0.828. The van der Waals surface area contributed by atoms with E-state index < -0.39 is 15.9 Å². The van der Waals surface area contributed by atoms with Gasteiger partial charge in [-0.2, -0.15) is 0 Å². The van der Waals surface area contributed by atoms with Gasteiger partial charge in [0.15, 0.2) is 0 Å². The zero-order valence-electron chi connectivity index (χ0n) is 11.4. The van der Waals surface area contributed by atoms with Gasteiger partial charge in [-0.25, -0.2) is 13.1 Å². The molecule has 3 N–H and O–H groups in total. The number of primary amides is 1. The van der Waals surface area contributed by atoms with Crippen LogP contribution >= 0.6 is 0 Å². The Morgan fingerprint density at radius 2 is 1.80 bits per heavy atom. The molecule has 1 aromatic rings. The number of hydrogen-bond acceptors (Lipinski definition) is 4. The van der Waals surface area contributed by atoms with E-state index in [4.69, 9.17) is 5.73 Å². The van der Waals surface area contributed by atoms with Crippen LogP contribution in [0.4, 0.5) is 0 Å². The molecule has 0 aromatic heterocycles. The second-order valence-corrected chi connectivity index (χ2v) is 6.80. The van der Waals surface area contributed by atoms with Gasteiger partial charge in [-0.05, 0) is 57.2 Å². The Kier molecular flexibility index (Phi) is 4.42. The number of rotatable bonds is 4. The Morgan fingerprint density at radius 1 is 1.25 bits per heavy atom. The van der Waals surface area contributed by atoms with Crippen LogP contribution in [0.25, 0.3) is 0 Å². The molecule has 2 rings (SSSR count). The van der Waals surface area contributed by atoms with Gasteiger partial charge < -0.3 is 10.6 Å². The molecule has 1 amide bonds. The third-order valence-electron chi connectivity index (χ3n) is 3.49. The molecule has 0 aliphatic carbocycles. The van der Waals surface area contributed by atoms with Crippen molar-refractivity contribution >= 4 is 15.9 Å². The van der Waals surface area contributed by atoms with Gasteiger partial charge >= 0.3 is 0 Å². The summed E-state index contributed by atoms with van der Waals surface area (Å²) >= 11 is 0. The first-order valence-electron chi connectivity index (χ1n) is 6.49. The molecule has 0 bridgehead atoms. The minimum atomic E-state index is -3.54. The van der Waals surface area contributed by atoms with Crippen LogP contribution in [-0.2, 0) is 10.0 Å². The molecule has 20 heavy (non-hydrogen) atoms. The summed E-state index contributed by atoms with van der Waals surface area (Å²) in [6.07, 6.45) is 1.60. The number of carbonyl (C=O) groups is 1. The SMILES string of the molecule is CN1CCC(NS(=O)(=O)c2ccc(C(N)=O)cc2)CC1. The van der Waals surface area contributed by atoms with Crippen LogP contribution < -0.4 is 10.5 Å². The summed E-state index contributed by atoms with van der Waals surface area (Å²) in [4.78, 5) is 13.3. The smallest absolute Gasteiger partial charge is 0.248 e. The minimum absolute atomic E-state index is 0.0352. The van der Waals surface area contributed by atoms with Gasteiger partial charge in [0.05, 0.1) is 4.90 Å². The van der Waals surface area contributed by atoms with E-state index in [2.05, 4.69) is 9.62 Å². The van der Waals surface area contributed by atoms with E-state index in [1.54, 1.807) is 0 Å². The molecular formula is C13H19N3O3S. The molecule has 110 valence electrons. The lowest BCUT2D eigenvalue weighted by Gasteiger charge is -2.29. The number of nitrogens with zero attached hydrogens (tertiary/aromatic N) is 1. The topological polar surface area (TPSA) is 92.5 Å². The molecule has 1 aliphatic rings. The maximum Gasteiger partial charge on any atom is 0.248 e. The highest BCUT2D eigenvalue weighted by atomic mass is 32.2. The molecule has 0 radical (unpaired) electrons. The minimum Gasteiger partial charge on any atom is -0.366 e.